The number of pyridine rings is 2. The topological polar surface area (TPSA) is 87.9 Å². The third kappa shape index (κ3) is 7.45. The van der Waals surface area contributed by atoms with Gasteiger partial charge in [0.25, 0.3) is 0 Å². The lowest BCUT2D eigenvalue weighted by atomic mass is 10.1. The minimum atomic E-state index is -1.89. The van der Waals surface area contributed by atoms with Crippen molar-refractivity contribution in [1.82, 2.24) is 24.5 Å². The molecule has 7 nitrogen and oxygen atoms in total. The number of nitrogens with one attached hydrogen (secondary N) is 1. The van der Waals surface area contributed by atoms with E-state index in [-0.39, 0.29) is 15.8 Å². The standard InChI is InChI=1S/C32H44N5O2SSi/c1-10-13-28(36-40(38)31(2,3)4)27-16-12-15-26(35-27)23-18-19-24-21-33-37(29(24)20-23)30-17-11-14-25(34-30)22-39-41(8,9)32(5,6)7/h11-12,14-18,20-21,28,36H,10,13,22H2,1-9H3/t28-,40?/m0/s1. The van der Waals surface area contributed by atoms with Crippen molar-refractivity contribution < 1.29 is 8.98 Å². The largest absolute Gasteiger partial charge is 0.598 e. The summed E-state index contributed by atoms with van der Waals surface area (Å²) in [4.78, 5) is 9.89. The summed E-state index contributed by atoms with van der Waals surface area (Å²) in [6.07, 6.45) is 3.61. The normalized spacial score (nSPS) is 14.4. The molecule has 0 saturated carbocycles. The van der Waals surface area contributed by atoms with Gasteiger partial charge in [-0.2, -0.15) is 5.10 Å². The van der Waals surface area contributed by atoms with Crippen molar-refractivity contribution >= 4 is 30.6 Å². The van der Waals surface area contributed by atoms with E-state index in [2.05, 4.69) is 62.7 Å². The second kappa shape index (κ2) is 12.4. The molecule has 0 fully saturated rings. The van der Waals surface area contributed by atoms with Crippen LogP contribution in [0.3, 0.4) is 0 Å². The van der Waals surface area contributed by atoms with Crippen molar-refractivity contribution in [2.45, 2.75) is 96.8 Å². The van der Waals surface area contributed by atoms with E-state index >= 15 is 0 Å². The molecule has 0 amide bonds. The highest BCUT2D eigenvalue weighted by atomic mass is 32.2. The van der Waals surface area contributed by atoms with Crippen LogP contribution in [0.25, 0.3) is 28.0 Å². The predicted octanol–water partition coefficient (Wildman–Crippen LogP) is 7.70. The molecule has 0 spiro atoms. The predicted molar refractivity (Wildman–Crippen MR) is 172 cm³/mol. The van der Waals surface area contributed by atoms with Gasteiger partial charge in [-0.3, -0.25) is 4.98 Å². The second-order valence-electron chi connectivity index (χ2n) is 13.1. The quantitative estimate of drug-likeness (QED) is 0.150. The van der Waals surface area contributed by atoms with Gasteiger partial charge in [0, 0.05) is 22.3 Å². The molecule has 1 aromatic carbocycles. The first kappa shape index (κ1) is 31.4. The zero-order chi connectivity index (χ0) is 30.0. The fourth-order valence-corrected chi connectivity index (χ4v) is 5.88. The summed E-state index contributed by atoms with van der Waals surface area (Å²) in [6.45, 7) is 19.8. The molecule has 41 heavy (non-hydrogen) atoms. The summed E-state index contributed by atoms with van der Waals surface area (Å²) >= 11 is -1.19. The van der Waals surface area contributed by atoms with Crippen LogP contribution in [-0.4, -0.2) is 37.4 Å². The van der Waals surface area contributed by atoms with E-state index < -0.39 is 19.7 Å². The Bertz CT molecular complexity index is 1470. The molecule has 1 unspecified atom stereocenters. The van der Waals surface area contributed by atoms with E-state index in [9.17, 15) is 4.55 Å². The highest BCUT2D eigenvalue weighted by Gasteiger charge is 2.37. The third-order valence-electron chi connectivity index (χ3n) is 7.68. The molecule has 0 aliphatic heterocycles. The average molecular weight is 591 g/mol. The van der Waals surface area contributed by atoms with E-state index in [1.165, 1.54) is 0 Å². The van der Waals surface area contributed by atoms with Crippen molar-refractivity contribution in [2.75, 3.05) is 0 Å². The Kier molecular flexibility index (Phi) is 9.45. The van der Waals surface area contributed by atoms with Gasteiger partial charge >= 0.3 is 0 Å². The van der Waals surface area contributed by atoms with E-state index in [4.69, 9.17) is 14.4 Å². The lowest BCUT2D eigenvalue weighted by molar-refractivity contribution is 0.272. The molecular formula is C32H44N5O2SSi. The van der Waals surface area contributed by atoms with Crippen LogP contribution in [0, 0.1) is 6.07 Å². The Morgan fingerprint density at radius 1 is 1.07 bits per heavy atom. The minimum absolute atomic E-state index is 0.0984. The molecule has 0 saturated heterocycles. The maximum absolute atomic E-state index is 12.9. The first-order valence-electron chi connectivity index (χ1n) is 14.3. The molecule has 219 valence electrons. The minimum Gasteiger partial charge on any atom is -0.598 e. The molecule has 4 aromatic rings. The van der Waals surface area contributed by atoms with Crippen LogP contribution in [0.5, 0.6) is 0 Å². The van der Waals surface area contributed by atoms with E-state index in [0.29, 0.717) is 6.61 Å². The maximum Gasteiger partial charge on any atom is 0.192 e. The number of fused-ring (bicyclic) bond motifs is 1. The number of rotatable bonds is 10. The first-order valence-corrected chi connectivity index (χ1v) is 18.4. The van der Waals surface area contributed by atoms with Crippen LogP contribution in [0.4, 0.5) is 0 Å². The molecular weight excluding hydrogens is 547 g/mol. The first-order chi connectivity index (χ1) is 19.2. The Morgan fingerprint density at radius 2 is 1.80 bits per heavy atom. The molecule has 9 heteroatoms. The van der Waals surface area contributed by atoms with Crippen molar-refractivity contribution in [3.63, 3.8) is 0 Å². The summed E-state index contributed by atoms with van der Waals surface area (Å²) in [5.74, 6) is 0.737. The van der Waals surface area contributed by atoms with Crippen LogP contribution in [0.2, 0.25) is 18.1 Å². The molecule has 0 bridgehead atoms. The Morgan fingerprint density at radius 3 is 2.49 bits per heavy atom. The average Bonchev–Trinajstić information content (AvgIpc) is 3.34. The molecule has 0 aliphatic rings. The number of aromatic nitrogens is 4. The number of hydrogen-bond acceptors (Lipinski definition) is 6. The van der Waals surface area contributed by atoms with Crippen LogP contribution < -0.4 is 4.72 Å². The van der Waals surface area contributed by atoms with Gasteiger partial charge < -0.3 is 8.98 Å². The van der Waals surface area contributed by atoms with Crippen LogP contribution in [0.1, 0.15) is 78.7 Å². The van der Waals surface area contributed by atoms with Crippen molar-refractivity contribution in [3.8, 4) is 17.1 Å². The summed E-state index contributed by atoms with van der Waals surface area (Å²) < 4.78 is 24.1. The maximum atomic E-state index is 12.9. The van der Waals surface area contributed by atoms with Crippen molar-refractivity contribution in [2.24, 2.45) is 0 Å². The second-order valence-corrected chi connectivity index (χ2v) is 19.9. The lowest BCUT2D eigenvalue weighted by Crippen LogP contribution is -2.41. The van der Waals surface area contributed by atoms with Crippen LogP contribution in [0.15, 0.2) is 54.7 Å². The van der Waals surface area contributed by atoms with Crippen LogP contribution in [-0.2, 0) is 22.4 Å². The molecule has 4 rings (SSSR count). The monoisotopic (exact) mass is 590 g/mol. The Balaban J connectivity index is 1.63. The van der Waals surface area contributed by atoms with Gasteiger partial charge in [-0.05, 0) is 87.8 Å². The fraction of sp³-hybridized carbons (Fsp3) is 0.469. The molecule has 1 N–H and O–H groups in total. The van der Waals surface area contributed by atoms with E-state index in [1.807, 2.05) is 74.1 Å². The van der Waals surface area contributed by atoms with Crippen LogP contribution >= 0.6 is 0 Å². The molecule has 2 atom stereocenters. The van der Waals surface area contributed by atoms with Gasteiger partial charge in [-0.1, -0.05) is 46.2 Å². The zero-order valence-electron chi connectivity index (χ0n) is 25.9. The smallest absolute Gasteiger partial charge is 0.192 e. The zero-order valence-corrected chi connectivity index (χ0v) is 27.7. The Hall–Kier alpha value is -2.56. The van der Waals surface area contributed by atoms with Gasteiger partial charge in [0.1, 0.15) is 4.75 Å². The highest BCUT2D eigenvalue weighted by Crippen LogP contribution is 2.37. The lowest BCUT2D eigenvalue weighted by Gasteiger charge is -2.36. The van der Waals surface area contributed by atoms with Gasteiger partial charge in [-0.25, -0.2) is 9.67 Å². The SMILES string of the molecule is CCC[C@H](N[S+]([O-])C(C)(C)C)c1cccc(-c2c[c]c3cnn(-c4cccc(CO[Si](C)(C)C(C)(C)C)n4)c3c2)n1. The number of nitrogens with zero attached hydrogens (tertiary/aromatic N) is 4. The molecule has 1 radical (unpaired) electrons. The van der Waals surface area contributed by atoms with E-state index in [0.717, 1.165) is 52.2 Å². The fourth-order valence-electron chi connectivity index (χ4n) is 4.09. The van der Waals surface area contributed by atoms with Gasteiger partial charge in [0.2, 0.25) is 0 Å². The molecule has 3 aromatic heterocycles. The van der Waals surface area contributed by atoms with Crippen molar-refractivity contribution in [3.05, 3.63) is 72.2 Å². The Labute approximate surface area is 249 Å². The molecule has 3 heterocycles. The summed E-state index contributed by atoms with van der Waals surface area (Å²) in [7, 11) is -1.89. The van der Waals surface area contributed by atoms with Gasteiger partial charge in [0.15, 0.2) is 14.1 Å². The summed E-state index contributed by atoms with van der Waals surface area (Å²) in [6, 6.07) is 19.3. The van der Waals surface area contributed by atoms with E-state index in [1.54, 1.807) is 0 Å². The third-order valence-corrected chi connectivity index (χ3v) is 13.8. The van der Waals surface area contributed by atoms with Gasteiger partial charge in [0.05, 0.1) is 41.4 Å². The van der Waals surface area contributed by atoms with Crippen molar-refractivity contribution in [1.29, 1.82) is 0 Å². The van der Waals surface area contributed by atoms with Gasteiger partial charge in [-0.15, -0.1) is 4.72 Å². The summed E-state index contributed by atoms with van der Waals surface area (Å²) in [5.41, 5.74) is 4.44. The highest BCUT2D eigenvalue weighted by molar-refractivity contribution is 7.90. The number of benzene rings is 1. The number of hydrogen-bond donors (Lipinski definition) is 1. The molecule has 0 aliphatic carbocycles. The summed E-state index contributed by atoms with van der Waals surface area (Å²) in [5, 5.41) is 5.68.